The molecule has 0 saturated heterocycles. The third-order valence-corrected chi connectivity index (χ3v) is 6.33. The first-order valence-corrected chi connectivity index (χ1v) is 12.2. The molecule has 1 saturated carbocycles. The summed E-state index contributed by atoms with van der Waals surface area (Å²) in [7, 11) is 3.13. The van der Waals surface area contributed by atoms with Gasteiger partial charge in [-0.3, -0.25) is 19.5 Å². The highest BCUT2D eigenvalue weighted by Gasteiger charge is 2.34. The van der Waals surface area contributed by atoms with Crippen LogP contribution in [0.3, 0.4) is 0 Å². The number of carbonyl (C=O) groups excluding carboxylic acids is 2. The van der Waals surface area contributed by atoms with E-state index in [1.807, 2.05) is 24.3 Å². The number of aromatic nitrogens is 2. The summed E-state index contributed by atoms with van der Waals surface area (Å²) >= 11 is 0. The van der Waals surface area contributed by atoms with Crippen LogP contribution in [-0.4, -0.2) is 53.1 Å². The third kappa shape index (κ3) is 5.51. The first kappa shape index (κ1) is 25.0. The number of carbonyl (C=O) groups is 2. The summed E-state index contributed by atoms with van der Waals surface area (Å²) in [6.45, 7) is -0.130. The second-order valence-corrected chi connectivity index (χ2v) is 8.97. The fraction of sp³-hybridized carbons (Fsp3) is 0.207. The highest BCUT2D eigenvalue weighted by Crippen LogP contribution is 2.30. The number of ether oxygens (including phenoxy) is 2. The van der Waals surface area contributed by atoms with Crippen LogP contribution in [0.4, 0.5) is 10.3 Å². The Balaban J connectivity index is 1.41. The minimum Gasteiger partial charge on any atom is -0.497 e. The van der Waals surface area contributed by atoms with Gasteiger partial charge in [-0.25, -0.2) is 9.37 Å². The molecule has 3 aromatic carbocycles. The number of nitrogens with one attached hydrogen (secondary N) is 1. The summed E-state index contributed by atoms with van der Waals surface area (Å²) in [5.74, 6) is 0.554. The number of benzene rings is 3. The van der Waals surface area contributed by atoms with Gasteiger partial charge < -0.3 is 14.4 Å². The van der Waals surface area contributed by atoms with Gasteiger partial charge in [-0.15, -0.1) is 0 Å². The Morgan fingerprint density at radius 3 is 2.37 bits per heavy atom. The molecule has 1 N–H and O–H groups in total. The SMILES string of the molecule is COc1ccc(-c2cn(-c3ccc(F)cc3)c(NC(=O)CN(C(=O)c3cccc(OC)c3)C3CC3)n2)cc1. The Morgan fingerprint density at radius 1 is 1.00 bits per heavy atom. The second-order valence-electron chi connectivity index (χ2n) is 8.97. The van der Waals surface area contributed by atoms with Crippen LogP contribution in [0.1, 0.15) is 23.2 Å². The lowest BCUT2D eigenvalue weighted by molar-refractivity contribution is -0.117. The maximum absolute atomic E-state index is 13.6. The lowest BCUT2D eigenvalue weighted by atomic mass is 10.1. The van der Waals surface area contributed by atoms with Gasteiger partial charge in [-0.05, 0) is 79.6 Å². The molecule has 1 aliphatic rings. The maximum atomic E-state index is 13.6. The van der Waals surface area contributed by atoms with E-state index in [0.29, 0.717) is 28.4 Å². The summed E-state index contributed by atoms with van der Waals surface area (Å²) in [4.78, 5) is 32.7. The molecule has 1 fully saturated rings. The summed E-state index contributed by atoms with van der Waals surface area (Å²) in [5, 5.41) is 2.85. The van der Waals surface area contributed by atoms with Crippen molar-refractivity contribution in [2.24, 2.45) is 0 Å². The lowest BCUT2D eigenvalue weighted by Gasteiger charge is -2.22. The first-order valence-electron chi connectivity index (χ1n) is 12.2. The summed E-state index contributed by atoms with van der Waals surface area (Å²) < 4.78 is 25.8. The number of rotatable bonds is 9. The minimum absolute atomic E-state index is 0.00570. The number of anilines is 1. The number of halogens is 1. The van der Waals surface area contributed by atoms with Crippen molar-refractivity contribution in [3.63, 3.8) is 0 Å². The van der Waals surface area contributed by atoms with Crippen molar-refractivity contribution < 1.29 is 23.5 Å². The zero-order chi connectivity index (χ0) is 26.6. The van der Waals surface area contributed by atoms with Gasteiger partial charge in [0, 0.05) is 29.1 Å². The van der Waals surface area contributed by atoms with Crippen LogP contribution in [0.5, 0.6) is 11.5 Å². The molecule has 0 radical (unpaired) electrons. The Kier molecular flexibility index (Phi) is 7.08. The number of methoxy groups -OCH3 is 2. The summed E-state index contributed by atoms with van der Waals surface area (Å²) in [6, 6.07) is 20.2. The van der Waals surface area contributed by atoms with E-state index in [2.05, 4.69) is 10.3 Å². The summed E-state index contributed by atoms with van der Waals surface area (Å²) in [6.07, 6.45) is 3.45. The number of hydrogen-bond acceptors (Lipinski definition) is 5. The van der Waals surface area contributed by atoms with Crippen LogP contribution in [0.15, 0.2) is 79.0 Å². The Bertz CT molecular complexity index is 1450. The molecule has 1 aliphatic carbocycles. The molecule has 0 unspecified atom stereocenters. The van der Waals surface area contributed by atoms with Crippen LogP contribution in [0.2, 0.25) is 0 Å². The Hall–Kier alpha value is -4.66. The molecule has 38 heavy (non-hydrogen) atoms. The molecule has 8 nitrogen and oxygen atoms in total. The molecule has 0 aliphatic heterocycles. The average Bonchev–Trinajstić information content (AvgIpc) is 3.71. The number of amides is 2. The fourth-order valence-electron chi connectivity index (χ4n) is 4.16. The smallest absolute Gasteiger partial charge is 0.254 e. The number of imidazole rings is 1. The number of nitrogens with zero attached hydrogens (tertiary/aromatic N) is 3. The van der Waals surface area contributed by atoms with Crippen molar-refractivity contribution in [3.8, 4) is 28.4 Å². The molecule has 0 atom stereocenters. The van der Waals surface area contributed by atoms with Crippen molar-refractivity contribution in [2.75, 3.05) is 26.1 Å². The second kappa shape index (κ2) is 10.8. The van der Waals surface area contributed by atoms with Crippen LogP contribution in [0.25, 0.3) is 16.9 Å². The average molecular weight is 515 g/mol. The van der Waals surface area contributed by atoms with Gasteiger partial charge in [0.1, 0.15) is 23.9 Å². The molecule has 5 rings (SSSR count). The predicted molar refractivity (Wildman–Crippen MR) is 141 cm³/mol. The predicted octanol–water partition coefficient (Wildman–Crippen LogP) is 4.94. The zero-order valence-electron chi connectivity index (χ0n) is 21.1. The molecular weight excluding hydrogens is 487 g/mol. The first-order chi connectivity index (χ1) is 18.4. The van der Waals surface area contributed by atoms with Crippen molar-refractivity contribution in [1.82, 2.24) is 14.5 Å². The molecule has 0 spiro atoms. The van der Waals surface area contributed by atoms with E-state index in [1.54, 1.807) is 66.3 Å². The van der Waals surface area contributed by atoms with E-state index in [1.165, 1.54) is 12.1 Å². The van der Waals surface area contributed by atoms with E-state index >= 15 is 0 Å². The monoisotopic (exact) mass is 514 g/mol. The van der Waals surface area contributed by atoms with E-state index in [4.69, 9.17) is 9.47 Å². The van der Waals surface area contributed by atoms with Gasteiger partial charge >= 0.3 is 0 Å². The van der Waals surface area contributed by atoms with Gasteiger partial charge in [-0.2, -0.15) is 0 Å². The van der Waals surface area contributed by atoms with Crippen molar-refractivity contribution in [1.29, 1.82) is 0 Å². The third-order valence-electron chi connectivity index (χ3n) is 6.33. The number of hydrogen-bond donors (Lipinski definition) is 1. The zero-order valence-corrected chi connectivity index (χ0v) is 21.1. The fourth-order valence-corrected chi connectivity index (χ4v) is 4.16. The van der Waals surface area contributed by atoms with Gasteiger partial charge in [0.05, 0.1) is 19.9 Å². The van der Waals surface area contributed by atoms with Crippen LogP contribution in [-0.2, 0) is 4.79 Å². The van der Waals surface area contributed by atoms with Gasteiger partial charge in [0.2, 0.25) is 11.9 Å². The summed E-state index contributed by atoms with van der Waals surface area (Å²) in [5.41, 5.74) is 2.51. The molecule has 1 heterocycles. The van der Waals surface area contributed by atoms with Gasteiger partial charge in [0.25, 0.3) is 5.91 Å². The highest BCUT2D eigenvalue weighted by molar-refractivity contribution is 5.99. The topological polar surface area (TPSA) is 85.7 Å². The van der Waals surface area contributed by atoms with E-state index in [-0.39, 0.29) is 36.2 Å². The Labute approximate surface area is 219 Å². The van der Waals surface area contributed by atoms with Crippen LogP contribution < -0.4 is 14.8 Å². The standard InChI is InChI=1S/C29H27FN4O4/c1-37-24-14-6-19(7-15-24)26-17-34(23-10-8-21(30)9-11-23)29(31-26)32-27(35)18-33(22-12-13-22)28(36)20-4-3-5-25(16-20)38-2/h3-11,14-17,22H,12-13,18H2,1-2H3,(H,31,32,35). The lowest BCUT2D eigenvalue weighted by Crippen LogP contribution is -2.39. The molecule has 9 heteroatoms. The molecule has 0 bridgehead atoms. The van der Waals surface area contributed by atoms with Gasteiger partial charge in [0.15, 0.2) is 0 Å². The molecule has 194 valence electrons. The van der Waals surface area contributed by atoms with Crippen molar-refractivity contribution >= 4 is 17.8 Å². The largest absolute Gasteiger partial charge is 0.497 e. The van der Waals surface area contributed by atoms with Crippen LogP contribution >= 0.6 is 0 Å². The normalized spacial score (nSPS) is 12.6. The highest BCUT2D eigenvalue weighted by atomic mass is 19.1. The minimum atomic E-state index is -0.386. The van der Waals surface area contributed by atoms with Crippen molar-refractivity contribution in [2.45, 2.75) is 18.9 Å². The molecular formula is C29H27FN4O4. The van der Waals surface area contributed by atoms with E-state index in [9.17, 15) is 14.0 Å². The van der Waals surface area contributed by atoms with E-state index < -0.39 is 0 Å². The molecule has 2 amide bonds. The Morgan fingerprint density at radius 2 is 1.71 bits per heavy atom. The molecule has 1 aromatic heterocycles. The van der Waals surface area contributed by atoms with E-state index in [0.717, 1.165) is 18.4 Å². The van der Waals surface area contributed by atoms with Gasteiger partial charge in [-0.1, -0.05) is 6.07 Å². The maximum Gasteiger partial charge on any atom is 0.254 e. The van der Waals surface area contributed by atoms with Crippen LogP contribution in [0, 0.1) is 5.82 Å². The van der Waals surface area contributed by atoms with Crippen molar-refractivity contribution in [3.05, 3.63) is 90.4 Å². The molecule has 4 aromatic rings. The quantitative estimate of drug-likeness (QED) is 0.342.